The summed E-state index contributed by atoms with van der Waals surface area (Å²) in [6, 6.07) is 5.84. The van der Waals surface area contributed by atoms with E-state index in [9.17, 15) is 19.7 Å². The van der Waals surface area contributed by atoms with Crippen molar-refractivity contribution < 1.29 is 19.2 Å². The predicted molar refractivity (Wildman–Crippen MR) is 76.8 cm³/mol. The lowest BCUT2D eigenvalue weighted by Gasteiger charge is -2.14. The van der Waals surface area contributed by atoms with Crippen molar-refractivity contribution in [1.82, 2.24) is 0 Å². The largest absolute Gasteiger partial charge is 0.465 e. The quantitative estimate of drug-likeness (QED) is 0.318. The summed E-state index contributed by atoms with van der Waals surface area (Å²) in [5.74, 6) is -1.53. The van der Waals surface area contributed by atoms with Crippen LogP contribution in [0.5, 0.6) is 0 Å². The van der Waals surface area contributed by atoms with Crippen molar-refractivity contribution in [2.75, 3.05) is 6.61 Å². The summed E-state index contributed by atoms with van der Waals surface area (Å²) in [5.41, 5.74) is 0.675. The van der Waals surface area contributed by atoms with Crippen molar-refractivity contribution in [2.24, 2.45) is 5.92 Å². The first-order valence-corrected chi connectivity index (χ1v) is 6.92. The molecule has 6 heteroatoms. The molecule has 1 aromatic rings. The Balaban J connectivity index is 2.86. The summed E-state index contributed by atoms with van der Waals surface area (Å²) in [4.78, 5) is 34.0. The summed E-state index contributed by atoms with van der Waals surface area (Å²) in [7, 11) is 0. The van der Waals surface area contributed by atoms with Gasteiger partial charge in [-0.25, -0.2) is 0 Å². The molecule has 0 aliphatic rings. The highest BCUT2D eigenvalue weighted by Gasteiger charge is 2.27. The number of esters is 1. The monoisotopic (exact) mass is 293 g/mol. The summed E-state index contributed by atoms with van der Waals surface area (Å²) < 4.78 is 4.94. The average Bonchev–Trinajstić information content (AvgIpc) is 2.45. The number of ketones is 1. The number of hydrogen-bond donors (Lipinski definition) is 0. The topological polar surface area (TPSA) is 86.5 Å². The van der Waals surface area contributed by atoms with Gasteiger partial charge in [0.05, 0.1) is 11.5 Å². The molecule has 0 aliphatic carbocycles. The zero-order valence-electron chi connectivity index (χ0n) is 12.2. The molecule has 0 radical (unpaired) electrons. The van der Waals surface area contributed by atoms with E-state index in [1.807, 2.05) is 6.92 Å². The number of nitro benzene ring substituents is 1. The van der Waals surface area contributed by atoms with Crippen LogP contribution in [0.15, 0.2) is 24.3 Å². The minimum atomic E-state index is -0.841. The molecule has 0 aromatic heterocycles. The first kappa shape index (κ1) is 16.8. The molecular formula is C15H19NO5. The maximum Gasteiger partial charge on any atom is 0.316 e. The highest BCUT2D eigenvalue weighted by molar-refractivity contribution is 5.99. The molecule has 0 spiro atoms. The number of carbonyl (C=O) groups is 2. The van der Waals surface area contributed by atoms with Crippen LogP contribution in [0.4, 0.5) is 5.69 Å². The van der Waals surface area contributed by atoms with Gasteiger partial charge in [-0.2, -0.15) is 0 Å². The van der Waals surface area contributed by atoms with Gasteiger partial charge in [0, 0.05) is 18.6 Å². The third kappa shape index (κ3) is 4.98. The number of rotatable bonds is 8. The van der Waals surface area contributed by atoms with E-state index >= 15 is 0 Å². The van der Waals surface area contributed by atoms with Gasteiger partial charge >= 0.3 is 5.97 Å². The van der Waals surface area contributed by atoms with Gasteiger partial charge in [0.25, 0.3) is 5.69 Å². The Morgan fingerprint density at radius 3 is 2.33 bits per heavy atom. The van der Waals surface area contributed by atoms with Crippen molar-refractivity contribution in [2.45, 2.75) is 33.1 Å². The molecule has 0 bridgehead atoms. The number of benzene rings is 1. The van der Waals surface area contributed by atoms with Gasteiger partial charge in [-0.1, -0.05) is 19.1 Å². The number of non-ortho nitro benzene ring substituents is 1. The normalized spacial score (nSPS) is 11.7. The van der Waals surface area contributed by atoms with E-state index in [4.69, 9.17) is 4.74 Å². The summed E-state index contributed by atoms with van der Waals surface area (Å²) >= 11 is 0. The van der Waals surface area contributed by atoms with E-state index in [0.29, 0.717) is 18.4 Å². The predicted octanol–water partition coefficient (Wildman–Crippen LogP) is 2.69. The van der Waals surface area contributed by atoms with Crippen LogP contribution in [0, 0.1) is 16.0 Å². The zero-order chi connectivity index (χ0) is 15.8. The van der Waals surface area contributed by atoms with Crippen molar-refractivity contribution in [3.8, 4) is 0 Å². The molecule has 0 heterocycles. The number of ether oxygens (including phenoxy) is 1. The maximum atomic E-state index is 12.0. The lowest BCUT2D eigenvalue weighted by atomic mass is 9.93. The molecule has 114 valence electrons. The van der Waals surface area contributed by atoms with Gasteiger partial charge in [-0.3, -0.25) is 19.7 Å². The molecule has 21 heavy (non-hydrogen) atoms. The van der Waals surface area contributed by atoms with E-state index in [1.165, 1.54) is 12.1 Å². The van der Waals surface area contributed by atoms with Gasteiger partial charge in [0.1, 0.15) is 11.7 Å². The fourth-order valence-corrected chi connectivity index (χ4v) is 1.98. The molecule has 0 amide bonds. The van der Waals surface area contributed by atoms with Crippen molar-refractivity contribution >= 4 is 17.4 Å². The Morgan fingerprint density at radius 1 is 1.24 bits per heavy atom. The van der Waals surface area contributed by atoms with Gasteiger partial charge < -0.3 is 4.74 Å². The Bertz CT molecular complexity index is 491. The Labute approximate surface area is 123 Å². The number of nitro groups is 1. The van der Waals surface area contributed by atoms with Crippen LogP contribution in [0.1, 0.15) is 32.3 Å². The number of hydrogen-bond acceptors (Lipinski definition) is 5. The van der Waals surface area contributed by atoms with Crippen molar-refractivity contribution in [3.63, 3.8) is 0 Å². The van der Waals surface area contributed by atoms with Crippen LogP contribution in [-0.4, -0.2) is 23.3 Å². The maximum absolute atomic E-state index is 12.0. The van der Waals surface area contributed by atoms with Crippen LogP contribution in [0.3, 0.4) is 0 Å². The van der Waals surface area contributed by atoms with Gasteiger partial charge in [0.2, 0.25) is 0 Å². The van der Waals surface area contributed by atoms with Crippen molar-refractivity contribution in [1.29, 1.82) is 0 Å². The lowest BCUT2D eigenvalue weighted by molar-refractivity contribution is -0.384. The zero-order valence-corrected chi connectivity index (χ0v) is 12.2. The highest BCUT2D eigenvalue weighted by atomic mass is 16.6. The van der Waals surface area contributed by atoms with Crippen LogP contribution in [0.2, 0.25) is 0 Å². The molecule has 1 aromatic carbocycles. The van der Waals surface area contributed by atoms with E-state index in [0.717, 1.165) is 0 Å². The smallest absolute Gasteiger partial charge is 0.316 e. The first-order valence-electron chi connectivity index (χ1n) is 6.92. The Morgan fingerprint density at radius 2 is 1.86 bits per heavy atom. The minimum Gasteiger partial charge on any atom is -0.465 e. The van der Waals surface area contributed by atoms with E-state index < -0.39 is 16.8 Å². The lowest BCUT2D eigenvalue weighted by Crippen LogP contribution is -2.28. The molecule has 0 saturated heterocycles. The van der Waals surface area contributed by atoms with E-state index in [-0.39, 0.29) is 24.5 Å². The average molecular weight is 293 g/mol. The number of nitrogens with zero attached hydrogens (tertiary/aromatic N) is 1. The fraction of sp³-hybridized carbons (Fsp3) is 0.467. The first-order chi connectivity index (χ1) is 9.99. The molecule has 0 aliphatic heterocycles. The second kappa shape index (κ2) is 8.14. The molecule has 0 N–H and O–H groups in total. The highest BCUT2D eigenvalue weighted by Crippen LogP contribution is 2.18. The van der Waals surface area contributed by atoms with Crippen molar-refractivity contribution in [3.05, 3.63) is 39.9 Å². The Kier molecular flexibility index (Phi) is 6.52. The van der Waals surface area contributed by atoms with Crippen LogP contribution < -0.4 is 0 Å². The fourth-order valence-electron chi connectivity index (χ4n) is 1.98. The molecule has 1 unspecified atom stereocenters. The summed E-state index contributed by atoms with van der Waals surface area (Å²) in [5, 5.41) is 10.6. The van der Waals surface area contributed by atoms with Gasteiger partial charge in [0.15, 0.2) is 0 Å². The van der Waals surface area contributed by atoms with Gasteiger partial charge in [-0.15, -0.1) is 0 Å². The van der Waals surface area contributed by atoms with E-state index in [2.05, 4.69) is 0 Å². The molecule has 0 fully saturated rings. The van der Waals surface area contributed by atoms with Crippen LogP contribution in [-0.2, 0) is 20.7 Å². The molecular weight excluding hydrogens is 274 g/mol. The number of carbonyl (C=O) groups excluding carboxylic acids is 2. The molecule has 1 atom stereocenters. The molecule has 0 saturated carbocycles. The second-order valence-electron chi connectivity index (χ2n) is 4.65. The molecule has 1 rings (SSSR count). The third-order valence-corrected chi connectivity index (χ3v) is 3.04. The van der Waals surface area contributed by atoms with Crippen LogP contribution in [0.25, 0.3) is 0 Å². The van der Waals surface area contributed by atoms with Crippen LogP contribution >= 0.6 is 0 Å². The Hall–Kier alpha value is -2.24. The van der Waals surface area contributed by atoms with Gasteiger partial charge in [-0.05, 0) is 25.3 Å². The summed E-state index contributed by atoms with van der Waals surface area (Å²) in [6.45, 7) is 3.77. The number of Topliss-reactive ketones (excluding diaryl/α,β-unsaturated/α-hetero) is 1. The second-order valence-corrected chi connectivity index (χ2v) is 4.65. The molecule has 6 nitrogen and oxygen atoms in total. The third-order valence-electron chi connectivity index (χ3n) is 3.04. The standard InChI is InChI=1S/C15H19NO5/c1-3-5-14(17)13(15(18)21-4-2)10-11-6-8-12(9-7-11)16(19)20/h6-9,13H,3-5,10H2,1-2H3. The summed E-state index contributed by atoms with van der Waals surface area (Å²) in [6.07, 6.45) is 1.18. The minimum absolute atomic E-state index is 0.0219. The SMILES string of the molecule is CCCC(=O)C(Cc1ccc([N+](=O)[O-])cc1)C(=O)OCC. The van der Waals surface area contributed by atoms with E-state index in [1.54, 1.807) is 19.1 Å².